The van der Waals surface area contributed by atoms with Gasteiger partial charge in [-0.2, -0.15) is 0 Å². The molecule has 1 aromatic carbocycles. The van der Waals surface area contributed by atoms with E-state index in [0.29, 0.717) is 23.9 Å². The van der Waals surface area contributed by atoms with Crippen LogP contribution in [0.3, 0.4) is 0 Å². The smallest absolute Gasteiger partial charge is 0.240 e. The lowest BCUT2D eigenvalue weighted by Crippen LogP contribution is -2.24. The number of hydrogen-bond donors (Lipinski definition) is 2. The van der Waals surface area contributed by atoms with Gasteiger partial charge in [0.1, 0.15) is 0 Å². The van der Waals surface area contributed by atoms with Crippen molar-refractivity contribution in [1.82, 2.24) is 10.0 Å². The quantitative estimate of drug-likeness (QED) is 0.542. The molecule has 0 bridgehead atoms. The van der Waals surface area contributed by atoms with Gasteiger partial charge in [0.05, 0.1) is 4.90 Å². The van der Waals surface area contributed by atoms with Gasteiger partial charge < -0.3 is 5.32 Å². The summed E-state index contributed by atoms with van der Waals surface area (Å²) in [5.41, 5.74) is 1.11. The second kappa shape index (κ2) is 7.60. The number of nitrogens with one attached hydrogen (secondary N) is 2. The molecule has 21 heavy (non-hydrogen) atoms. The van der Waals surface area contributed by atoms with Crippen LogP contribution in [0.1, 0.15) is 37.7 Å². The molecule has 2 rings (SSSR count). The van der Waals surface area contributed by atoms with Crippen molar-refractivity contribution in [2.75, 3.05) is 6.54 Å². The van der Waals surface area contributed by atoms with Crippen LogP contribution in [-0.4, -0.2) is 21.0 Å². The first-order valence-electron chi connectivity index (χ1n) is 7.37. The lowest BCUT2D eigenvalue weighted by Gasteiger charge is -2.08. The Morgan fingerprint density at radius 3 is 2.52 bits per heavy atom. The Morgan fingerprint density at radius 2 is 1.90 bits per heavy atom. The largest absolute Gasteiger partial charge is 0.310 e. The molecular formula is C16H22N2O2S. The maximum Gasteiger partial charge on any atom is 0.240 e. The van der Waals surface area contributed by atoms with Crippen LogP contribution in [-0.2, 0) is 16.6 Å². The molecule has 0 saturated heterocycles. The van der Waals surface area contributed by atoms with E-state index >= 15 is 0 Å². The Hall–Kier alpha value is -1.35. The summed E-state index contributed by atoms with van der Waals surface area (Å²) < 4.78 is 26.8. The molecule has 0 amide bonds. The second-order valence-electron chi connectivity index (χ2n) is 5.36. The maximum atomic E-state index is 12.1. The van der Waals surface area contributed by atoms with E-state index in [1.54, 1.807) is 12.1 Å². The lowest BCUT2D eigenvalue weighted by atomic mass is 10.2. The van der Waals surface area contributed by atoms with Crippen molar-refractivity contribution in [3.8, 4) is 12.3 Å². The minimum atomic E-state index is -3.41. The minimum absolute atomic E-state index is 0.314. The van der Waals surface area contributed by atoms with Crippen molar-refractivity contribution >= 4 is 10.0 Å². The van der Waals surface area contributed by atoms with Crippen molar-refractivity contribution in [2.24, 2.45) is 0 Å². The normalized spacial score (nSPS) is 14.8. The summed E-state index contributed by atoms with van der Waals surface area (Å²) in [5.74, 6) is 2.54. The van der Waals surface area contributed by atoms with Crippen LogP contribution in [0.2, 0.25) is 0 Å². The third kappa shape index (κ3) is 5.50. The van der Waals surface area contributed by atoms with Crippen LogP contribution in [0.5, 0.6) is 0 Å². The highest BCUT2D eigenvalue weighted by Crippen LogP contribution is 2.19. The first-order chi connectivity index (χ1) is 10.1. The van der Waals surface area contributed by atoms with Crippen LogP contribution in [0.15, 0.2) is 29.2 Å². The van der Waals surface area contributed by atoms with E-state index in [0.717, 1.165) is 24.9 Å². The number of benzene rings is 1. The Balaban J connectivity index is 1.82. The minimum Gasteiger partial charge on any atom is -0.310 e. The molecule has 0 unspecified atom stereocenters. The summed E-state index contributed by atoms with van der Waals surface area (Å²) >= 11 is 0. The predicted molar refractivity (Wildman–Crippen MR) is 84.2 cm³/mol. The fraction of sp³-hybridized carbons (Fsp3) is 0.500. The van der Waals surface area contributed by atoms with E-state index in [9.17, 15) is 8.42 Å². The van der Waals surface area contributed by atoms with Gasteiger partial charge in [-0.25, -0.2) is 13.1 Å². The van der Waals surface area contributed by atoms with Gasteiger partial charge in [0.2, 0.25) is 10.0 Å². The number of hydrogen-bond acceptors (Lipinski definition) is 3. The van der Waals surface area contributed by atoms with Gasteiger partial charge in [-0.15, -0.1) is 12.3 Å². The summed E-state index contributed by atoms with van der Waals surface area (Å²) in [6, 6.07) is 7.70. The summed E-state index contributed by atoms with van der Waals surface area (Å²) in [7, 11) is -3.41. The number of terminal acetylenes is 1. The SMILES string of the molecule is C#CCCCCNS(=O)(=O)c1ccc(CNC2CC2)cc1. The fourth-order valence-corrected chi connectivity index (χ4v) is 3.05. The molecule has 5 heteroatoms. The summed E-state index contributed by atoms with van der Waals surface area (Å²) in [4.78, 5) is 0.314. The van der Waals surface area contributed by atoms with Crippen molar-refractivity contribution in [3.05, 3.63) is 29.8 Å². The van der Waals surface area contributed by atoms with Crippen molar-refractivity contribution < 1.29 is 8.42 Å². The molecule has 1 aliphatic carbocycles. The molecular weight excluding hydrogens is 284 g/mol. The van der Waals surface area contributed by atoms with Crippen LogP contribution >= 0.6 is 0 Å². The molecule has 4 nitrogen and oxygen atoms in total. The van der Waals surface area contributed by atoms with Crippen molar-refractivity contribution in [3.63, 3.8) is 0 Å². The van der Waals surface area contributed by atoms with E-state index < -0.39 is 10.0 Å². The fourth-order valence-electron chi connectivity index (χ4n) is 1.98. The maximum absolute atomic E-state index is 12.1. The molecule has 114 valence electrons. The Morgan fingerprint density at radius 1 is 1.19 bits per heavy atom. The second-order valence-corrected chi connectivity index (χ2v) is 7.13. The zero-order chi connectivity index (χ0) is 15.1. The third-order valence-corrected chi connectivity index (χ3v) is 4.92. The topological polar surface area (TPSA) is 58.2 Å². The van der Waals surface area contributed by atoms with Crippen LogP contribution < -0.4 is 10.0 Å². The molecule has 0 aromatic heterocycles. The summed E-state index contributed by atoms with van der Waals surface area (Å²) in [6.07, 6.45) is 9.93. The van der Waals surface area contributed by atoms with Gasteiger partial charge in [0.15, 0.2) is 0 Å². The average Bonchev–Trinajstić information content (AvgIpc) is 3.29. The lowest BCUT2D eigenvalue weighted by molar-refractivity contribution is 0.577. The zero-order valence-electron chi connectivity index (χ0n) is 12.1. The third-order valence-electron chi connectivity index (χ3n) is 3.45. The number of unbranched alkanes of at least 4 members (excludes halogenated alkanes) is 2. The monoisotopic (exact) mass is 306 g/mol. The van der Waals surface area contributed by atoms with Gasteiger partial charge in [0, 0.05) is 25.6 Å². The van der Waals surface area contributed by atoms with Crippen LogP contribution in [0.25, 0.3) is 0 Å². The first-order valence-corrected chi connectivity index (χ1v) is 8.85. The highest BCUT2D eigenvalue weighted by molar-refractivity contribution is 7.89. The van der Waals surface area contributed by atoms with E-state index in [2.05, 4.69) is 16.0 Å². The number of sulfonamides is 1. The Bertz CT molecular complexity index is 584. The van der Waals surface area contributed by atoms with Gasteiger partial charge in [-0.1, -0.05) is 12.1 Å². The van der Waals surface area contributed by atoms with E-state index in [4.69, 9.17) is 6.42 Å². The average molecular weight is 306 g/mol. The van der Waals surface area contributed by atoms with E-state index in [-0.39, 0.29) is 0 Å². The summed E-state index contributed by atoms with van der Waals surface area (Å²) in [5, 5.41) is 3.40. The molecule has 0 spiro atoms. The molecule has 0 radical (unpaired) electrons. The highest BCUT2D eigenvalue weighted by Gasteiger charge is 2.20. The summed E-state index contributed by atoms with van der Waals surface area (Å²) in [6.45, 7) is 1.22. The van der Waals surface area contributed by atoms with Crippen LogP contribution in [0, 0.1) is 12.3 Å². The zero-order valence-corrected chi connectivity index (χ0v) is 13.0. The number of rotatable bonds is 9. The molecule has 1 saturated carbocycles. The molecule has 1 aromatic rings. The Labute approximate surface area is 127 Å². The van der Waals surface area contributed by atoms with E-state index in [1.165, 1.54) is 12.8 Å². The molecule has 2 N–H and O–H groups in total. The molecule has 1 fully saturated rings. The van der Waals surface area contributed by atoms with Gasteiger partial charge in [0.25, 0.3) is 0 Å². The standard InChI is InChI=1S/C16H22N2O2S/c1-2-3-4-5-12-18-21(19,20)16-10-6-14(7-11-16)13-17-15-8-9-15/h1,6-7,10-11,15,17-18H,3-5,8-9,12-13H2. The van der Waals surface area contributed by atoms with Crippen LogP contribution in [0.4, 0.5) is 0 Å². The van der Waals surface area contributed by atoms with Crippen molar-refractivity contribution in [1.29, 1.82) is 0 Å². The molecule has 1 aliphatic rings. The first kappa shape index (κ1) is 16.0. The Kier molecular flexibility index (Phi) is 5.80. The van der Waals surface area contributed by atoms with Gasteiger partial charge >= 0.3 is 0 Å². The van der Waals surface area contributed by atoms with Gasteiger partial charge in [-0.05, 0) is 43.4 Å². The van der Waals surface area contributed by atoms with Gasteiger partial charge in [-0.3, -0.25) is 0 Å². The molecule has 0 heterocycles. The molecule has 0 aliphatic heterocycles. The molecule has 0 atom stereocenters. The highest BCUT2D eigenvalue weighted by atomic mass is 32.2. The predicted octanol–water partition coefficient (Wildman–Crippen LogP) is 2.02. The van der Waals surface area contributed by atoms with E-state index in [1.807, 2.05) is 12.1 Å². The van der Waals surface area contributed by atoms with Crippen molar-refractivity contribution in [2.45, 2.75) is 49.6 Å².